The number of furan rings is 1. The van der Waals surface area contributed by atoms with Crippen LogP contribution in [0, 0.1) is 0 Å². The molecule has 6 heteroatoms. The van der Waals surface area contributed by atoms with Gasteiger partial charge < -0.3 is 19.5 Å². The van der Waals surface area contributed by atoms with Crippen LogP contribution in [0.4, 0.5) is 0 Å². The van der Waals surface area contributed by atoms with E-state index in [1.165, 1.54) is 6.08 Å². The highest BCUT2D eigenvalue weighted by molar-refractivity contribution is 6.02. The molecule has 1 aliphatic rings. The third-order valence-corrected chi connectivity index (χ3v) is 4.90. The van der Waals surface area contributed by atoms with Crippen LogP contribution < -0.4 is 10.1 Å². The third kappa shape index (κ3) is 3.14. The molecule has 1 atom stereocenters. The standard InChI is InChI=1S/C21H21N3O3/c1-3-18(25)24-14-7-4-6-13(10-14)19-17(26-2)12-23-21-20(19)15(11-22-21)16-8-5-9-27-16/h3,5-6,8-9,11-12,14H,1,4,7,10H2,2H3,(H,22,23)(H,24,25). The summed E-state index contributed by atoms with van der Waals surface area (Å²) in [6.07, 6.45) is 11.3. The monoisotopic (exact) mass is 363 g/mol. The second-order valence-corrected chi connectivity index (χ2v) is 6.53. The van der Waals surface area contributed by atoms with Crippen LogP contribution in [-0.4, -0.2) is 29.0 Å². The number of carbonyl (C=O) groups is 1. The van der Waals surface area contributed by atoms with E-state index in [0.717, 1.165) is 52.8 Å². The van der Waals surface area contributed by atoms with Gasteiger partial charge in [-0.15, -0.1) is 0 Å². The number of ether oxygens (including phenoxy) is 1. The van der Waals surface area contributed by atoms with E-state index in [2.05, 4.69) is 27.9 Å². The maximum Gasteiger partial charge on any atom is 0.243 e. The number of hydrogen-bond acceptors (Lipinski definition) is 4. The molecule has 3 aromatic rings. The van der Waals surface area contributed by atoms with Crippen LogP contribution in [0.5, 0.6) is 5.75 Å². The molecule has 0 aromatic carbocycles. The maximum atomic E-state index is 11.7. The van der Waals surface area contributed by atoms with Gasteiger partial charge in [-0.2, -0.15) is 0 Å². The van der Waals surface area contributed by atoms with Gasteiger partial charge in [0.2, 0.25) is 5.91 Å². The zero-order valence-electron chi connectivity index (χ0n) is 15.1. The highest BCUT2D eigenvalue weighted by atomic mass is 16.5. The molecule has 3 heterocycles. The summed E-state index contributed by atoms with van der Waals surface area (Å²) < 4.78 is 11.2. The fourth-order valence-electron chi connectivity index (χ4n) is 3.67. The molecule has 1 amide bonds. The number of carbonyl (C=O) groups excluding carboxylic acids is 1. The van der Waals surface area contributed by atoms with Crippen LogP contribution in [-0.2, 0) is 4.79 Å². The summed E-state index contributed by atoms with van der Waals surface area (Å²) in [5.41, 5.74) is 3.84. The first-order valence-electron chi connectivity index (χ1n) is 8.91. The highest BCUT2D eigenvalue weighted by Crippen LogP contribution is 2.41. The van der Waals surface area contributed by atoms with Gasteiger partial charge in [0.15, 0.2) is 0 Å². The minimum absolute atomic E-state index is 0.0643. The van der Waals surface area contributed by atoms with E-state index in [4.69, 9.17) is 9.15 Å². The number of nitrogens with one attached hydrogen (secondary N) is 2. The number of pyridine rings is 1. The van der Waals surface area contributed by atoms with Gasteiger partial charge in [0, 0.05) is 28.8 Å². The van der Waals surface area contributed by atoms with E-state index in [1.54, 1.807) is 19.6 Å². The molecule has 3 aromatic heterocycles. The van der Waals surface area contributed by atoms with E-state index in [9.17, 15) is 4.79 Å². The highest BCUT2D eigenvalue weighted by Gasteiger charge is 2.24. The molecular formula is C21H21N3O3. The predicted molar refractivity (Wildman–Crippen MR) is 104 cm³/mol. The molecule has 1 unspecified atom stereocenters. The van der Waals surface area contributed by atoms with Gasteiger partial charge in [-0.05, 0) is 43.0 Å². The normalized spacial score (nSPS) is 16.8. The Morgan fingerprint density at radius 1 is 1.52 bits per heavy atom. The van der Waals surface area contributed by atoms with Gasteiger partial charge in [0.25, 0.3) is 0 Å². The lowest BCUT2D eigenvalue weighted by Gasteiger charge is -2.25. The molecule has 27 heavy (non-hydrogen) atoms. The first-order valence-corrected chi connectivity index (χ1v) is 8.91. The number of nitrogens with zero attached hydrogens (tertiary/aromatic N) is 1. The van der Waals surface area contributed by atoms with Gasteiger partial charge in [-0.25, -0.2) is 4.98 Å². The topological polar surface area (TPSA) is 80.1 Å². The number of H-pyrrole nitrogens is 1. The summed E-state index contributed by atoms with van der Waals surface area (Å²) in [7, 11) is 1.64. The zero-order chi connectivity index (χ0) is 18.8. The van der Waals surface area contributed by atoms with Crippen molar-refractivity contribution in [1.29, 1.82) is 0 Å². The largest absolute Gasteiger partial charge is 0.494 e. The van der Waals surface area contributed by atoms with Crippen molar-refractivity contribution in [2.24, 2.45) is 0 Å². The molecule has 4 rings (SSSR count). The lowest BCUT2D eigenvalue weighted by Crippen LogP contribution is -2.34. The van der Waals surface area contributed by atoms with E-state index in [-0.39, 0.29) is 11.9 Å². The summed E-state index contributed by atoms with van der Waals surface area (Å²) in [6, 6.07) is 3.85. The average molecular weight is 363 g/mol. The Bertz CT molecular complexity index is 1010. The van der Waals surface area contributed by atoms with Crippen molar-refractivity contribution in [3.05, 3.63) is 55.1 Å². The molecule has 2 N–H and O–H groups in total. The molecular weight excluding hydrogens is 342 g/mol. The van der Waals surface area contributed by atoms with E-state index in [1.807, 2.05) is 18.3 Å². The Balaban J connectivity index is 1.82. The number of allylic oxidation sites excluding steroid dienone is 1. The predicted octanol–water partition coefficient (Wildman–Crippen LogP) is 4.07. The molecule has 0 spiro atoms. The Labute approximate surface area is 156 Å². The number of aromatic nitrogens is 2. The molecule has 0 bridgehead atoms. The van der Waals surface area contributed by atoms with Crippen LogP contribution >= 0.6 is 0 Å². The smallest absolute Gasteiger partial charge is 0.243 e. The summed E-state index contributed by atoms with van der Waals surface area (Å²) in [5, 5.41) is 3.97. The first-order chi connectivity index (χ1) is 13.2. The number of rotatable bonds is 5. The van der Waals surface area contributed by atoms with Crippen molar-refractivity contribution in [3.63, 3.8) is 0 Å². The quantitative estimate of drug-likeness (QED) is 0.670. The summed E-state index contributed by atoms with van der Waals surface area (Å²) in [6.45, 7) is 3.54. The second kappa shape index (κ2) is 7.15. The Morgan fingerprint density at radius 3 is 3.15 bits per heavy atom. The van der Waals surface area contributed by atoms with Gasteiger partial charge in [0.1, 0.15) is 17.2 Å². The van der Waals surface area contributed by atoms with Crippen LogP contribution in [0.2, 0.25) is 0 Å². The molecule has 0 saturated carbocycles. The molecule has 0 fully saturated rings. The number of amides is 1. The van der Waals surface area contributed by atoms with Crippen molar-refractivity contribution in [3.8, 4) is 17.1 Å². The summed E-state index contributed by atoms with van der Waals surface area (Å²) in [5.74, 6) is 1.33. The SMILES string of the molecule is C=CC(=O)NC1CCC=C(c2c(OC)cnc3[nH]cc(-c4ccco4)c23)C1. The number of aromatic amines is 1. The molecule has 0 radical (unpaired) electrons. The lowest BCUT2D eigenvalue weighted by atomic mass is 9.88. The van der Waals surface area contributed by atoms with Crippen LogP contribution in [0.15, 0.2) is 53.9 Å². The zero-order valence-corrected chi connectivity index (χ0v) is 15.1. The number of methoxy groups -OCH3 is 1. The van der Waals surface area contributed by atoms with Crippen LogP contribution in [0.1, 0.15) is 24.8 Å². The van der Waals surface area contributed by atoms with E-state index in [0.29, 0.717) is 5.75 Å². The minimum Gasteiger partial charge on any atom is -0.494 e. The van der Waals surface area contributed by atoms with Gasteiger partial charge in [0.05, 0.1) is 19.6 Å². The van der Waals surface area contributed by atoms with Crippen molar-refractivity contribution >= 4 is 22.5 Å². The van der Waals surface area contributed by atoms with Crippen LogP contribution in [0.3, 0.4) is 0 Å². The minimum atomic E-state index is -0.147. The van der Waals surface area contributed by atoms with Gasteiger partial charge in [-0.3, -0.25) is 4.79 Å². The third-order valence-electron chi connectivity index (χ3n) is 4.90. The first kappa shape index (κ1) is 17.1. The van der Waals surface area contributed by atoms with Crippen molar-refractivity contribution < 1.29 is 13.9 Å². The Morgan fingerprint density at radius 2 is 2.41 bits per heavy atom. The average Bonchev–Trinajstić information content (AvgIpc) is 3.36. The summed E-state index contributed by atoms with van der Waals surface area (Å²) >= 11 is 0. The molecule has 6 nitrogen and oxygen atoms in total. The lowest BCUT2D eigenvalue weighted by molar-refractivity contribution is -0.117. The fourth-order valence-corrected chi connectivity index (χ4v) is 3.67. The molecule has 0 aliphatic heterocycles. The van der Waals surface area contributed by atoms with E-state index >= 15 is 0 Å². The summed E-state index contributed by atoms with van der Waals surface area (Å²) in [4.78, 5) is 19.4. The van der Waals surface area contributed by atoms with E-state index < -0.39 is 0 Å². The molecule has 0 saturated heterocycles. The van der Waals surface area contributed by atoms with Crippen molar-refractivity contribution in [2.75, 3.05) is 7.11 Å². The van der Waals surface area contributed by atoms with Gasteiger partial charge in [-0.1, -0.05) is 12.7 Å². The number of fused-ring (bicyclic) bond motifs is 1. The second-order valence-electron chi connectivity index (χ2n) is 6.53. The Kier molecular flexibility index (Phi) is 4.54. The maximum absolute atomic E-state index is 11.7. The Hall–Kier alpha value is -3.28. The van der Waals surface area contributed by atoms with Crippen LogP contribution in [0.25, 0.3) is 27.9 Å². The fraction of sp³-hybridized carbons (Fsp3) is 0.238. The van der Waals surface area contributed by atoms with Gasteiger partial charge >= 0.3 is 0 Å². The van der Waals surface area contributed by atoms with Crippen molar-refractivity contribution in [2.45, 2.75) is 25.3 Å². The van der Waals surface area contributed by atoms with Crippen molar-refractivity contribution in [1.82, 2.24) is 15.3 Å². The number of hydrogen-bond donors (Lipinski definition) is 2. The molecule has 138 valence electrons. The molecule has 1 aliphatic carbocycles.